The Morgan fingerprint density at radius 3 is 2.15 bits per heavy atom. The minimum Gasteiger partial charge on any atom is -0.379 e. The van der Waals surface area contributed by atoms with Crippen molar-refractivity contribution in [1.29, 1.82) is 0 Å². The molecule has 11 atom stereocenters. The van der Waals surface area contributed by atoms with Crippen LogP contribution in [0.1, 0.15) is 104 Å². The molecule has 3 fully saturated rings. The molecule has 410 valence electrons. The largest absolute Gasteiger partial charge is 0.379 e. The van der Waals surface area contributed by atoms with Crippen molar-refractivity contribution >= 4 is 52.9 Å². The molecule has 2 saturated heterocycles. The molecule has 3 heterocycles. The molecular formula is C57H82N8O10. The van der Waals surface area contributed by atoms with Gasteiger partial charge in [-0.2, -0.15) is 0 Å². The molecule has 4 N–H and O–H groups in total. The summed E-state index contributed by atoms with van der Waals surface area (Å²) >= 11 is 0. The van der Waals surface area contributed by atoms with Crippen molar-refractivity contribution in [3.63, 3.8) is 0 Å². The van der Waals surface area contributed by atoms with Crippen molar-refractivity contribution in [2.24, 2.45) is 29.6 Å². The molecule has 3 aliphatic heterocycles. The lowest BCUT2D eigenvalue weighted by atomic mass is 9.89. The van der Waals surface area contributed by atoms with E-state index in [2.05, 4.69) is 26.2 Å². The zero-order valence-corrected chi connectivity index (χ0v) is 45.5. The van der Waals surface area contributed by atoms with E-state index < -0.39 is 54.1 Å². The molecule has 1 aliphatic carbocycles. The number of methoxy groups -OCH3 is 2. The van der Waals surface area contributed by atoms with Gasteiger partial charge in [0.25, 0.3) is 11.8 Å². The van der Waals surface area contributed by atoms with Gasteiger partial charge in [0, 0.05) is 78.1 Å². The number of anilines is 1. The summed E-state index contributed by atoms with van der Waals surface area (Å²) in [5.41, 5.74) is 2.17. The van der Waals surface area contributed by atoms with E-state index in [1.165, 1.54) is 24.2 Å². The summed E-state index contributed by atoms with van der Waals surface area (Å²) in [4.78, 5) is 114. The second kappa shape index (κ2) is 27.2. The first-order valence-corrected chi connectivity index (χ1v) is 27.0. The average molecular weight is 1040 g/mol. The quantitative estimate of drug-likeness (QED) is 0.0690. The lowest BCUT2D eigenvalue weighted by Crippen LogP contribution is -2.59. The van der Waals surface area contributed by atoms with E-state index in [4.69, 9.17) is 9.47 Å². The van der Waals surface area contributed by atoms with Crippen LogP contribution in [0.3, 0.4) is 0 Å². The van der Waals surface area contributed by atoms with Crippen molar-refractivity contribution in [3.8, 4) is 0 Å². The van der Waals surface area contributed by atoms with E-state index in [9.17, 15) is 38.4 Å². The Labute approximate surface area is 443 Å². The molecule has 0 aromatic heterocycles. The fourth-order valence-corrected chi connectivity index (χ4v) is 11.3. The fraction of sp³-hybridized carbons (Fsp3) is 0.614. The van der Waals surface area contributed by atoms with Gasteiger partial charge in [0.2, 0.25) is 35.4 Å². The fourth-order valence-electron chi connectivity index (χ4n) is 11.3. The number of hydrogen-bond donors (Lipinski definition) is 4. The maximum Gasteiger partial charge on any atom is 0.253 e. The number of likely N-dealkylation sites (N-methyl/N-ethyl adjacent to an activating group) is 2. The smallest absolute Gasteiger partial charge is 0.253 e. The molecule has 18 nitrogen and oxygen atoms in total. The maximum atomic E-state index is 14.5. The number of benzene rings is 2. The number of hydrogen-bond acceptors (Lipinski definition) is 11. The molecule has 0 bridgehead atoms. The third-order valence-electron chi connectivity index (χ3n) is 16.0. The first-order valence-electron chi connectivity index (χ1n) is 27.0. The molecule has 75 heavy (non-hydrogen) atoms. The first-order chi connectivity index (χ1) is 35.9. The van der Waals surface area contributed by atoms with Crippen LogP contribution in [0.25, 0.3) is 0 Å². The van der Waals surface area contributed by atoms with Crippen molar-refractivity contribution in [2.75, 3.05) is 53.3 Å². The number of likely N-dealkylation sites (tertiary alicyclic amines) is 2. The Morgan fingerprint density at radius 1 is 0.840 bits per heavy atom. The highest BCUT2D eigenvalue weighted by atomic mass is 16.5. The maximum absolute atomic E-state index is 14.5. The zero-order chi connectivity index (χ0) is 54.5. The van der Waals surface area contributed by atoms with Gasteiger partial charge >= 0.3 is 0 Å². The van der Waals surface area contributed by atoms with Crippen LogP contribution in [0.15, 0.2) is 66.7 Å². The Balaban J connectivity index is 1.04. The van der Waals surface area contributed by atoms with Gasteiger partial charge < -0.3 is 40.5 Å². The highest BCUT2D eigenvalue weighted by molar-refractivity contribution is 6.12. The van der Waals surface area contributed by atoms with E-state index >= 15 is 0 Å². The molecule has 1 saturated carbocycles. The standard InChI is InChI=1S/C57H82N8O10/c1-10-36(4)51(63(7)57(73)50(35(2)3)61-56(72)52-42-31-40(42)34-62(52)6)45(74-8)32-49(69)64-29-17-20-44(64)53(75-9)37(5)54(70)60-43(30-38-18-13-11-14-19-38)55(71)59-41-24-22-39(23-25-41)33-58-46(66)21-15-12-16-28-65-47(67)26-27-48(65)68/h11,13-14,18-19,22-27,35-37,40,42-45,50-53H,10,12,15-17,20-21,28-34H2,1-9H3,(H,58,66)(H,59,71)(H,60,70)(H,61,72)/t36-,37+,40?,42?,43?,44?,45+,50?,51-,52-,53+/m0/s1. The Kier molecular flexibility index (Phi) is 21.1. The van der Waals surface area contributed by atoms with Crippen LogP contribution in [0.4, 0.5) is 5.69 Å². The van der Waals surface area contributed by atoms with Crippen LogP contribution in [0.2, 0.25) is 0 Å². The van der Waals surface area contributed by atoms with Crippen molar-refractivity contribution in [2.45, 2.75) is 148 Å². The third kappa shape index (κ3) is 15.1. The Bertz CT molecular complexity index is 2330. The summed E-state index contributed by atoms with van der Waals surface area (Å²) in [5, 5.41) is 12.0. The van der Waals surface area contributed by atoms with E-state index in [1.807, 2.05) is 65.1 Å². The Hall–Kier alpha value is -5.98. The average Bonchev–Trinajstić information content (AvgIpc) is 3.63. The highest BCUT2D eigenvalue weighted by Crippen LogP contribution is 2.49. The topological polar surface area (TPSA) is 216 Å². The molecular weight excluding hydrogens is 957 g/mol. The monoisotopic (exact) mass is 1040 g/mol. The number of rotatable bonds is 28. The molecule has 5 unspecified atom stereocenters. The first kappa shape index (κ1) is 58.3. The summed E-state index contributed by atoms with van der Waals surface area (Å²) in [5.74, 6) is -2.24. The van der Waals surface area contributed by atoms with Crippen LogP contribution >= 0.6 is 0 Å². The molecule has 18 heteroatoms. The number of ether oxygens (including phenoxy) is 2. The number of amides is 8. The number of imide groups is 1. The number of fused-ring (bicyclic) bond motifs is 1. The zero-order valence-electron chi connectivity index (χ0n) is 45.5. The summed E-state index contributed by atoms with van der Waals surface area (Å²) in [7, 11) is 6.78. The van der Waals surface area contributed by atoms with Crippen molar-refractivity contribution in [1.82, 2.24) is 35.6 Å². The molecule has 0 spiro atoms. The van der Waals surface area contributed by atoms with E-state index in [1.54, 1.807) is 55.1 Å². The normalized spacial score (nSPS) is 21.9. The van der Waals surface area contributed by atoms with Gasteiger partial charge in [-0.3, -0.25) is 48.2 Å². The van der Waals surface area contributed by atoms with Gasteiger partial charge in [0.05, 0.1) is 42.7 Å². The van der Waals surface area contributed by atoms with Crippen LogP contribution in [0.5, 0.6) is 0 Å². The minimum atomic E-state index is -0.967. The third-order valence-corrected chi connectivity index (χ3v) is 16.0. The van der Waals surface area contributed by atoms with Gasteiger partial charge in [-0.1, -0.05) is 89.9 Å². The number of nitrogens with one attached hydrogen (secondary N) is 4. The van der Waals surface area contributed by atoms with Crippen LogP contribution in [0, 0.1) is 29.6 Å². The lowest BCUT2D eigenvalue weighted by molar-refractivity contribution is -0.148. The van der Waals surface area contributed by atoms with Gasteiger partial charge in [0.15, 0.2) is 0 Å². The second-order valence-electron chi connectivity index (χ2n) is 21.5. The highest BCUT2D eigenvalue weighted by Gasteiger charge is 2.54. The molecule has 0 radical (unpaired) electrons. The number of carbonyl (C=O) groups excluding carboxylic acids is 8. The van der Waals surface area contributed by atoms with Crippen molar-refractivity contribution in [3.05, 3.63) is 77.9 Å². The number of carbonyl (C=O) groups is 8. The minimum absolute atomic E-state index is 0.0189. The van der Waals surface area contributed by atoms with Crippen molar-refractivity contribution < 1.29 is 47.8 Å². The van der Waals surface area contributed by atoms with Gasteiger partial charge in [-0.25, -0.2) is 0 Å². The van der Waals surface area contributed by atoms with Crippen LogP contribution in [-0.4, -0.2) is 157 Å². The van der Waals surface area contributed by atoms with Gasteiger partial charge in [0.1, 0.15) is 12.1 Å². The summed E-state index contributed by atoms with van der Waals surface area (Å²) < 4.78 is 12.2. The number of nitrogens with zero attached hydrogens (tertiary/aromatic N) is 4. The van der Waals surface area contributed by atoms with Gasteiger partial charge in [-0.05, 0) is 86.1 Å². The molecule has 2 aromatic carbocycles. The van der Waals surface area contributed by atoms with Crippen LogP contribution in [-0.2, 0) is 60.8 Å². The molecule has 8 amide bonds. The van der Waals surface area contributed by atoms with Crippen LogP contribution < -0.4 is 21.3 Å². The number of unbranched alkanes of at least 4 members (excludes halogenated alkanes) is 2. The summed E-state index contributed by atoms with van der Waals surface area (Å²) in [6, 6.07) is 13.6. The van der Waals surface area contributed by atoms with Gasteiger partial charge in [-0.15, -0.1) is 0 Å². The van der Waals surface area contributed by atoms with E-state index in [0.717, 1.165) is 24.1 Å². The summed E-state index contributed by atoms with van der Waals surface area (Å²) in [6.45, 7) is 11.6. The molecule has 4 aliphatic rings. The lowest BCUT2D eigenvalue weighted by Gasteiger charge is -2.41. The SMILES string of the molecule is CC[C@H](C)[C@@H]([C@@H](CC(=O)N1CCCC1[C@H](OC)[C@@H](C)C(=O)NC(Cc1ccccc1)C(=O)Nc1ccc(CNC(=O)CCCCCN2C(=O)C=CC2=O)cc1)OC)N(C)C(=O)C(NC(=O)[C@@H]1C2CC2CN1C)C(C)C. The Morgan fingerprint density at radius 2 is 1.53 bits per heavy atom. The molecule has 2 aromatic rings. The summed E-state index contributed by atoms with van der Waals surface area (Å²) in [6.07, 6.45) is 6.62. The predicted octanol–water partition coefficient (Wildman–Crippen LogP) is 4.47. The number of piperidine rings is 1. The predicted molar refractivity (Wildman–Crippen MR) is 284 cm³/mol. The molecule has 6 rings (SSSR count). The van der Waals surface area contributed by atoms with E-state index in [-0.39, 0.29) is 72.7 Å². The second-order valence-corrected chi connectivity index (χ2v) is 21.5. The van der Waals surface area contributed by atoms with E-state index in [0.29, 0.717) is 75.6 Å².